The van der Waals surface area contributed by atoms with Crippen LogP contribution in [0.2, 0.25) is 5.02 Å². The van der Waals surface area contributed by atoms with E-state index < -0.39 is 0 Å². The quantitative estimate of drug-likeness (QED) is 0.667. The molecule has 0 spiro atoms. The van der Waals surface area contributed by atoms with Crippen molar-refractivity contribution < 1.29 is 4.74 Å². The maximum absolute atomic E-state index is 6.19. The number of benzene rings is 2. The number of hydrogen-bond donors (Lipinski definition) is 1. The van der Waals surface area contributed by atoms with Crippen LogP contribution < -0.4 is 10.1 Å². The first-order valence-electron chi connectivity index (χ1n) is 7.07. The molecule has 2 rings (SSSR count). The minimum Gasteiger partial charge on any atom is -0.494 e. The molecule has 2 nitrogen and oxygen atoms in total. The molecule has 1 N–H and O–H groups in total. The predicted molar refractivity (Wildman–Crippen MR) is 97.3 cm³/mol. The van der Waals surface area contributed by atoms with Crippen molar-refractivity contribution in [3.63, 3.8) is 0 Å². The minimum absolute atomic E-state index is 0.0725. The van der Waals surface area contributed by atoms with E-state index in [-0.39, 0.29) is 6.04 Å². The summed E-state index contributed by atoms with van der Waals surface area (Å²) in [5.41, 5.74) is 2.32. The summed E-state index contributed by atoms with van der Waals surface area (Å²) in [5, 5.41) is 4.29. The van der Waals surface area contributed by atoms with Crippen LogP contribution in [0.25, 0.3) is 0 Å². The summed E-state index contributed by atoms with van der Waals surface area (Å²) in [6, 6.07) is 14.2. The van der Waals surface area contributed by atoms with Gasteiger partial charge in [0.05, 0.1) is 12.6 Å². The summed E-state index contributed by atoms with van der Waals surface area (Å²) in [6.07, 6.45) is 0. The van der Waals surface area contributed by atoms with Gasteiger partial charge < -0.3 is 10.1 Å². The van der Waals surface area contributed by atoms with Gasteiger partial charge in [0.15, 0.2) is 0 Å². The van der Waals surface area contributed by atoms with E-state index in [1.54, 1.807) is 0 Å². The molecule has 0 saturated carbocycles. The van der Waals surface area contributed by atoms with Crippen LogP contribution in [0.3, 0.4) is 0 Å². The normalized spacial score (nSPS) is 12.2. The fourth-order valence-corrected chi connectivity index (χ4v) is 3.16. The van der Waals surface area contributed by atoms with Crippen LogP contribution in [0.4, 0.5) is 0 Å². The average molecular weight is 416 g/mol. The third kappa shape index (κ3) is 4.11. The van der Waals surface area contributed by atoms with Crippen molar-refractivity contribution in [1.29, 1.82) is 0 Å². The minimum atomic E-state index is 0.0725. The van der Waals surface area contributed by atoms with E-state index in [4.69, 9.17) is 16.3 Å². The molecular formula is C17H19ClINO. The fraction of sp³-hybridized carbons (Fsp3) is 0.294. The molecular weight excluding hydrogens is 397 g/mol. The zero-order chi connectivity index (χ0) is 15.2. The van der Waals surface area contributed by atoms with Gasteiger partial charge in [-0.15, -0.1) is 0 Å². The van der Waals surface area contributed by atoms with Crippen LogP contribution in [0.5, 0.6) is 5.75 Å². The van der Waals surface area contributed by atoms with Crippen LogP contribution in [0.15, 0.2) is 42.5 Å². The maximum Gasteiger partial charge on any atom is 0.124 e. The van der Waals surface area contributed by atoms with Crippen LogP contribution in [0, 0.1) is 3.57 Å². The summed E-state index contributed by atoms with van der Waals surface area (Å²) < 4.78 is 6.97. The van der Waals surface area contributed by atoms with Crippen LogP contribution in [-0.4, -0.2) is 13.2 Å². The second-order valence-electron chi connectivity index (χ2n) is 4.63. The second-order valence-corrected chi connectivity index (χ2v) is 6.23. The smallest absolute Gasteiger partial charge is 0.124 e. The Kier molecular flexibility index (Phi) is 6.33. The first kappa shape index (κ1) is 16.6. The van der Waals surface area contributed by atoms with E-state index in [0.29, 0.717) is 6.61 Å². The number of halogens is 2. The number of hydrogen-bond acceptors (Lipinski definition) is 2. The van der Waals surface area contributed by atoms with E-state index >= 15 is 0 Å². The standard InChI is InChI=1S/C17H19ClINO/c1-3-20-17(14-11-12(18)9-10-15(14)19)13-7-5-6-8-16(13)21-4-2/h5-11,17,20H,3-4H2,1-2H3. The van der Waals surface area contributed by atoms with Gasteiger partial charge in [-0.3, -0.25) is 0 Å². The SMILES string of the molecule is CCNC(c1cc(Cl)ccc1I)c1ccccc1OCC. The Morgan fingerprint density at radius 3 is 2.62 bits per heavy atom. The van der Waals surface area contributed by atoms with Crippen molar-refractivity contribution in [2.75, 3.05) is 13.2 Å². The molecule has 0 radical (unpaired) electrons. The summed E-state index contributed by atoms with van der Waals surface area (Å²) >= 11 is 8.54. The molecule has 0 aliphatic carbocycles. The van der Waals surface area contributed by atoms with E-state index in [0.717, 1.165) is 22.9 Å². The van der Waals surface area contributed by atoms with Gasteiger partial charge in [-0.1, -0.05) is 36.7 Å². The van der Waals surface area contributed by atoms with Gasteiger partial charge in [0, 0.05) is 14.2 Å². The highest BCUT2D eigenvalue weighted by Gasteiger charge is 2.19. The topological polar surface area (TPSA) is 21.3 Å². The molecule has 2 aromatic carbocycles. The molecule has 21 heavy (non-hydrogen) atoms. The van der Waals surface area contributed by atoms with E-state index in [9.17, 15) is 0 Å². The fourth-order valence-electron chi connectivity index (χ4n) is 2.33. The molecule has 0 heterocycles. The van der Waals surface area contributed by atoms with E-state index in [1.807, 2.05) is 43.3 Å². The molecule has 0 aromatic heterocycles. The number of nitrogens with one attached hydrogen (secondary N) is 1. The van der Waals surface area contributed by atoms with Crippen molar-refractivity contribution in [3.8, 4) is 5.75 Å². The lowest BCUT2D eigenvalue weighted by Crippen LogP contribution is -2.23. The van der Waals surface area contributed by atoms with Gasteiger partial charge in [0.2, 0.25) is 0 Å². The van der Waals surface area contributed by atoms with Crippen molar-refractivity contribution >= 4 is 34.2 Å². The number of para-hydroxylation sites is 1. The summed E-state index contributed by atoms with van der Waals surface area (Å²) in [4.78, 5) is 0. The van der Waals surface area contributed by atoms with Gasteiger partial charge in [0.1, 0.15) is 5.75 Å². The first-order chi connectivity index (χ1) is 10.2. The third-order valence-electron chi connectivity index (χ3n) is 3.21. The Bertz CT molecular complexity index is 603. The zero-order valence-electron chi connectivity index (χ0n) is 12.2. The first-order valence-corrected chi connectivity index (χ1v) is 8.53. The highest BCUT2D eigenvalue weighted by Crippen LogP contribution is 2.33. The van der Waals surface area contributed by atoms with Crippen LogP contribution >= 0.6 is 34.2 Å². The number of ether oxygens (including phenoxy) is 1. The monoisotopic (exact) mass is 415 g/mol. The summed E-state index contributed by atoms with van der Waals surface area (Å²) in [5.74, 6) is 0.918. The predicted octanol–water partition coefficient (Wildman–Crippen LogP) is 5.04. The highest BCUT2D eigenvalue weighted by molar-refractivity contribution is 14.1. The highest BCUT2D eigenvalue weighted by atomic mass is 127. The zero-order valence-corrected chi connectivity index (χ0v) is 15.1. The van der Waals surface area contributed by atoms with Gasteiger partial charge in [-0.05, 0) is 65.9 Å². The average Bonchev–Trinajstić information content (AvgIpc) is 2.49. The van der Waals surface area contributed by atoms with Crippen molar-refractivity contribution in [1.82, 2.24) is 5.32 Å². The molecule has 1 atom stereocenters. The van der Waals surface area contributed by atoms with Gasteiger partial charge >= 0.3 is 0 Å². The number of rotatable bonds is 6. The Balaban J connectivity index is 2.50. The van der Waals surface area contributed by atoms with Crippen molar-refractivity contribution in [2.45, 2.75) is 19.9 Å². The van der Waals surface area contributed by atoms with Gasteiger partial charge in [-0.25, -0.2) is 0 Å². The van der Waals surface area contributed by atoms with E-state index in [1.165, 1.54) is 9.13 Å². The molecule has 0 bridgehead atoms. The molecule has 1 unspecified atom stereocenters. The lowest BCUT2D eigenvalue weighted by Gasteiger charge is -2.23. The Labute approximate surface area is 145 Å². The van der Waals surface area contributed by atoms with Crippen LogP contribution in [-0.2, 0) is 0 Å². The molecule has 0 saturated heterocycles. The summed E-state index contributed by atoms with van der Waals surface area (Å²) in [6.45, 7) is 5.63. The molecule has 4 heteroatoms. The molecule has 2 aromatic rings. The molecule has 112 valence electrons. The molecule has 0 aliphatic heterocycles. The van der Waals surface area contributed by atoms with Gasteiger partial charge in [0.25, 0.3) is 0 Å². The van der Waals surface area contributed by atoms with Crippen molar-refractivity contribution in [3.05, 3.63) is 62.2 Å². The van der Waals surface area contributed by atoms with Crippen molar-refractivity contribution in [2.24, 2.45) is 0 Å². The second kappa shape index (κ2) is 8.01. The third-order valence-corrected chi connectivity index (χ3v) is 4.42. The lowest BCUT2D eigenvalue weighted by molar-refractivity contribution is 0.333. The maximum atomic E-state index is 6.19. The van der Waals surface area contributed by atoms with Gasteiger partial charge in [-0.2, -0.15) is 0 Å². The molecule has 0 amide bonds. The Hall–Kier alpha value is -0.780. The Morgan fingerprint density at radius 2 is 1.90 bits per heavy atom. The lowest BCUT2D eigenvalue weighted by atomic mass is 9.97. The largest absolute Gasteiger partial charge is 0.494 e. The Morgan fingerprint density at radius 1 is 1.14 bits per heavy atom. The molecule has 0 aliphatic rings. The van der Waals surface area contributed by atoms with Crippen LogP contribution in [0.1, 0.15) is 31.0 Å². The summed E-state index contributed by atoms with van der Waals surface area (Å²) in [7, 11) is 0. The van der Waals surface area contributed by atoms with E-state index in [2.05, 4.69) is 40.9 Å². The molecule has 0 fully saturated rings.